The fourth-order valence-corrected chi connectivity index (χ4v) is 6.28. The molecule has 0 bridgehead atoms. The first-order chi connectivity index (χ1) is 19.9. The molecule has 2 heterocycles. The number of hydrogen-bond donors (Lipinski definition) is 1. The highest BCUT2D eigenvalue weighted by molar-refractivity contribution is 8.00. The molecular weight excluding hydrogens is 565 g/mol. The molecule has 1 fully saturated rings. The van der Waals surface area contributed by atoms with Crippen LogP contribution < -0.4 is 14.4 Å². The highest BCUT2D eigenvalue weighted by Crippen LogP contribution is 2.44. The van der Waals surface area contributed by atoms with E-state index < -0.39 is 17.7 Å². The Hall–Kier alpha value is -4.22. The first kappa shape index (κ1) is 28.3. The predicted molar refractivity (Wildman–Crippen MR) is 156 cm³/mol. The monoisotopic (exact) mass is 591 g/mol. The Morgan fingerprint density at radius 3 is 2.44 bits per heavy atom. The fraction of sp³-hybridized carbons (Fsp3) is 0.200. The Labute approximate surface area is 244 Å². The van der Waals surface area contributed by atoms with Crippen molar-refractivity contribution in [3.05, 3.63) is 101 Å². The molecule has 11 heteroatoms. The standard InChI is InChI=1S/C30H26FN3O5S2/c1-3-38-21-14-12-18(13-15-21)26(35)24-25(19-9-7-10-22(16-19)39-4-2)34(28(37)27(24)36)29-32-33-30(41-29)40-17-20-8-5-6-11-23(20)31/h5-16,25,35H,3-4,17H2,1-2H3/b26-24+. The molecule has 1 atom stereocenters. The van der Waals surface area contributed by atoms with Crippen LogP contribution in [0.5, 0.6) is 11.5 Å². The summed E-state index contributed by atoms with van der Waals surface area (Å²) in [4.78, 5) is 28.2. The molecule has 1 N–H and O–H groups in total. The second kappa shape index (κ2) is 12.5. The van der Waals surface area contributed by atoms with Crippen molar-refractivity contribution >= 4 is 45.7 Å². The van der Waals surface area contributed by atoms with Gasteiger partial charge in [0, 0.05) is 11.3 Å². The van der Waals surface area contributed by atoms with E-state index in [9.17, 15) is 19.1 Å². The van der Waals surface area contributed by atoms with Crippen LogP contribution >= 0.6 is 23.1 Å². The van der Waals surface area contributed by atoms with Crippen molar-refractivity contribution in [2.45, 2.75) is 30.0 Å². The van der Waals surface area contributed by atoms with E-state index in [-0.39, 0.29) is 22.3 Å². The largest absolute Gasteiger partial charge is 0.507 e. The third-order valence-electron chi connectivity index (χ3n) is 6.28. The number of carbonyl (C=O) groups excluding carboxylic acids is 2. The van der Waals surface area contributed by atoms with E-state index in [2.05, 4.69) is 10.2 Å². The lowest BCUT2D eigenvalue weighted by Crippen LogP contribution is -2.29. The van der Waals surface area contributed by atoms with Crippen molar-refractivity contribution in [2.75, 3.05) is 18.1 Å². The molecule has 1 aliphatic rings. The van der Waals surface area contributed by atoms with E-state index >= 15 is 0 Å². The van der Waals surface area contributed by atoms with Gasteiger partial charge in [0.25, 0.3) is 5.78 Å². The summed E-state index contributed by atoms with van der Waals surface area (Å²) >= 11 is 2.38. The number of benzene rings is 3. The second-order valence-corrected chi connectivity index (χ2v) is 11.0. The maximum absolute atomic E-state index is 14.1. The summed E-state index contributed by atoms with van der Waals surface area (Å²) in [6.45, 7) is 4.62. The van der Waals surface area contributed by atoms with Gasteiger partial charge >= 0.3 is 5.91 Å². The quantitative estimate of drug-likeness (QED) is 0.0744. The van der Waals surface area contributed by atoms with E-state index in [0.29, 0.717) is 51.5 Å². The zero-order valence-electron chi connectivity index (χ0n) is 22.2. The van der Waals surface area contributed by atoms with E-state index in [1.165, 1.54) is 22.7 Å². The lowest BCUT2D eigenvalue weighted by Gasteiger charge is -2.23. The SMILES string of the molecule is CCOc1ccc(/C(O)=C2\C(=O)C(=O)N(c3nnc(SCc4ccccc4F)s3)C2c2cccc(OCC)c2)cc1. The Kier molecular flexibility index (Phi) is 8.65. The Balaban J connectivity index is 1.55. The van der Waals surface area contributed by atoms with E-state index in [1.807, 2.05) is 13.8 Å². The average molecular weight is 592 g/mol. The van der Waals surface area contributed by atoms with Crippen molar-refractivity contribution < 1.29 is 28.6 Å². The molecule has 1 saturated heterocycles. The van der Waals surface area contributed by atoms with Crippen molar-refractivity contribution in [1.82, 2.24) is 10.2 Å². The first-order valence-electron chi connectivity index (χ1n) is 12.9. The second-order valence-electron chi connectivity index (χ2n) is 8.86. The molecular formula is C30H26FN3O5S2. The zero-order valence-corrected chi connectivity index (χ0v) is 23.9. The van der Waals surface area contributed by atoms with Crippen molar-refractivity contribution in [2.24, 2.45) is 0 Å². The number of aliphatic hydroxyl groups is 1. The molecule has 8 nitrogen and oxygen atoms in total. The van der Waals surface area contributed by atoms with Gasteiger partial charge in [-0.3, -0.25) is 14.5 Å². The van der Waals surface area contributed by atoms with Crippen LogP contribution in [0.3, 0.4) is 0 Å². The third kappa shape index (κ3) is 5.96. The Morgan fingerprint density at radius 1 is 0.976 bits per heavy atom. The van der Waals surface area contributed by atoms with Gasteiger partial charge in [0.2, 0.25) is 5.13 Å². The van der Waals surface area contributed by atoms with E-state index in [0.717, 1.165) is 11.3 Å². The molecule has 3 aromatic carbocycles. The van der Waals surface area contributed by atoms with Gasteiger partial charge in [-0.1, -0.05) is 53.4 Å². The number of ether oxygens (including phenoxy) is 2. The van der Waals surface area contributed by atoms with Gasteiger partial charge in [-0.05, 0) is 67.4 Å². The van der Waals surface area contributed by atoms with Crippen LogP contribution in [0.1, 0.15) is 36.6 Å². The topological polar surface area (TPSA) is 102 Å². The Bertz CT molecular complexity index is 1610. The number of ketones is 1. The van der Waals surface area contributed by atoms with Crippen LogP contribution in [0.4, 0.5) is 9.52 Å². The minimum atomic E-state index is -0.987. The van der Waals surface area contributed by atoms with E-state index in [4.69, 9.17) is 9.47 Å². The maximum atomic E-state index is 14.1. The number of aliphatic hydroxyl groups excluding tert-OH is 1. The van der Waals surface area contributed by atoms with Crippen molar-refractivity contribution in [1.29, 1.82) is 0 Å². The molecule has 5 rings (SSSR count). The molecule has 0 radical (unpaired) electrons. The van der Waals surface area contributed by atoms with Gasteiger partial charge < -0.3 is 14.6 Å². The average Bonchev–Trinajstić information content (AvgIpc) is 3.55. The lowest BCUT2D eigenvalue weighted by molar-refractivity contribution is -0.132. The molecule has 1 aromatic heterocycles. The van der Waals surface area contributed by atoms with Crippen LogP contribution in [0.2, 0.25) is 0 Å². The smallest absolute Gasteiger partial charge is 0.301 e. The van der Waals surface area contributed by atoms with Gasteiger partial charge in [-0.15, -0.1) is 10.2 Å². The number of hydrogen-bond acceptors (Lipinski definition) is 9. The summed E-state index contributed by atoms with van der Waals surface area (Å²) in [5.41, 5.74) is 1.34. The van der Waals surface area contributed by atoms with Crippen molar-refractivity contribution in [3.8, 4) is 11.5 Å². The van der Waals surface area contributed by atoms with Gasteiger partial charge in [0.15, 0.2) is 4.34 Å². The number of Topliss-reactive ketones (excluding diaryl/α,β-unsaturated/α-hetero) is 1. The number of rotatable bonds is 10. The third-order valence-corrected chi connectivity index (χ3v) is 8.38. The number of halogens is 1. The van der Waals surface area contributed by atoms with Crippen LogP contribution in [0.15, 0.2) is 82.7 Å². The minimum absolute atomic E-state index is 0.0800. The van der Waals surface area contributed by atoms with E-state index in [1.54, 1.807) is 66.7 Å². The normalized spacial score (nSPS) is 16.3. The molecule has 41 heavy (non-hydrogen) atoms. The highest BCUT2D eigenvalue weighted by atomic mass is 32.2. The molecule has 0 saturated carbocycles. The van der Waals surface area contributed by atoms with Gasteiger partial charge in [0.1, 0.15) is 23.1 Å². The molecule has 1 aliphatic heterocycles. The van der Waals surface area contributed by atoms with Crippen LogP contribution in [0.25, 0.3) is 5.76 Å². The molecule has 1 unspecified atom stereocenters. The van der Waals surface area contributed by atoms with Crippen LogP contribution in [-0.2, 0) is 15.3 Å². The molecule has 0 aliphatic carbocycles. The summed E-state index contributed by atoms with van der Waals surface area (Å²) in [6.07, 6.45) is 0. The molecule has 0 spiro atoms. The summed E-state index contributed by atoms with van der Waals surface area (Å²) in [6, 6.07) is 19.1. The number of carbonyl (C=O) groups is 2. The first-order valence-corrected chi connectivity index (χ1v) is 14.7. The maximum Gasteiger partial charge on any atom is 0.301 e. The molecule has 4 aromatic rings. The summed E-state index contributed by atoms with van der Waals surface area (Å²) < 4.78 is 25.7. The number of nitrogens with zero attached hydrogens (tertiary/aromatic N) is 3. The summed E-state index contributed by atoms with van der Waals surface area (Å²) in [5, 5.41) is 19.9. The van der Waals surface area contributed by atoms with Crippen LogP contribution in [-0.4, -0.2) is 40.2 Å². The number of amides is 1. The molecule has 1 amide bonds. The summed E-state index contributed by atoms with van der Waals surface area (Å²) in [5.74, 6) is -0.851. The highest BCUT2D eigenvalue weighted by Gasteiger charge is 2.48. The van der Waals surface area contributed by atoms with Crippen LogP contribution in [0, 0.1) is 5.82 Å². The predicted octanol–water partition coefficient (Wildman–Crippen LogP) is 6.39. The Morgan fingerprint density at radius 2 is 1.71 bits per heavy atom. The summed E-state index contributed by atoms with van der Waals surface area (Å²) in [7, 11) is 0. The fourth-order valence-electron chi connectivity index (χ4n) is 4.43. The van der Waals surface area contributed by atoms with Gasteiger partial charge in [-0.25, -0.2) is 4.39 Å². The lowest BCUT2D eigenvalue weighted by atomic mass is 9.95. The number of aromatic nitrogens is 2. The molecule has 210 valence electrons. The van der Waals surface area contributed by atoms with Gasteiger partial charge in [0.05, 0.1) is 24.8 Å². The number of anilines is 1. The minimum Gasteiger partial charge on any atom is -0.507 e. The van der Waals surface area contributed by atoms with Gasteiger partial charge in [-0.2, -0.15) is 0 Å². The number of thioether (sulfide) groups is 1. The zero-order chi connectivity index (χ0) is 28.9. The van der Waals surface area contributed by atoms with Crippen molar-refractivity contribution in [3.63, 3.8) is 0 Å².